The number of urea groups is 1. The molecule has 0 radical (unpaired) electrons. The molecule has 3 aliphatic rings. The summed E-state index contributed by atoms with van der Waals surface area (Å²) in [5.74, 6) is -3.00. The van der Waals surface area contributed by atoms with Crippen molar-refractivity contribution in [3.63, 3.8) is 0 Å². The lowest BCUT2D eigenvalue weighted by Gasteiger charge is -2.36. The summed E-state index contributed by atoms with van der Waals surface area (Å²) in [5, 5.41) is 0. The van der Waals surface area contributed by atoms with Crippen molar-refractivity contribution < 1.29 is 23.2 Å². The number of likely N-dealkylation sites (tertiary alicyclic amines) is 1. The fourth-order valence-electron chi connectivity index (χ4n) is 3.91. The normalized spacial score (nSPS) is 21.2. The fraction of sp³-hybridized carbons (Fsp3) is 0.526. The number of hydrogen-bond acceptors (Lipinski definition) is 4. The van der Waals surface area contributed by atoms with Gasteiger partial charge in [0.2, 0.25) is 0 Å². The summed E-state index contributed by atoms with van der Waals surface area (Å²) < 4.78 is 25.5. The van der Waals surface area contributed by atoms with Crippen molar-refractivity contribution >= 4 is 29.6 Å². The van der Waals surface area contributed by atoms with E-state index in [1.165, 1.54) is 11.0 Å². The number of rotatable bonds is 5. The molecule has 1 aromatic carbocycles. The Labute approximate surface area is 165 Å². The Balaban J connectivity index is 1.39. The van der Waals surface area contributed by atoms with E-state index in [-0.39, 0.29) is 46.9 Å². The van der Waals surface area contributed by atoms with E-state index in [4.69, 9.17) is 0 Å². The van der Waals surface area contributed by atoms with Gasteiger partial charge in [0, 0.05) is 30.1 Å². The first-order chi connectivity index (χ1) is 13.5. The van der Waals surface area contributed by atoms with Gasteiger partial charge in [-0.05, 0) is 37.8 Å². The Kier molecular flexibility index (Phi) is 5.27. The molecular weight excluding hydrogens is 388 g/mol. The number of alkyl halides is 2. The second kappa shape index (κ2) is 7.69. The van der Waals surface area contributed by atoms with Crippen molar-refractivity contribution in [2.24, 2.45) is 0 Å². The minimum atomic E-state index is -2.59. The molecule has 2 saturated heterocycles. The molecule has 0 aromatic heterocycles. The van der Waals surface area contributed by atoms with Crippen LogP contribution in [0.5, 0.6) is 0 Å². The van der Waals surface area contributed by atoms with Crippen molar-refractivity contribution in [1.82, 2.24) is 14.7 Å². The second-order valence-electron chi connectivity index (χ2n) is 7.30. The highest BCUT2D eigenvalue weighted by Gasteiger charge is 2.47. The average molecular weight is 409 g/mol. The average Bonchev–Trinajstić information content (AvgIpc) is 3.46. The summed E-state index contributed by atoms with van der Waals surface area (Å²) in [6.07, 6.45) is 2.92. The number of piperidine rings is 1. The number of halogens is 2. The number of carbonyl (C=O) groups excluding carboxylic acids is 3. The molecule has 4 amide bonds. The molecule has 28 heavy (non-hydrogen) atoms. The maximum absolute atomic E-state index is 12.8. The standard InChI is InChI=1S/C19H21F2N3O3S/c20-18(21)28-15-4-2-1-3-14(15)17(26)22-9-7-12(8-10-22)23-11-16(25)24(19(23)27)13-5-6-13/h1-4,12-13,18H,5-11H2. The summed E-state index contributed by atoms with van der Waals surface area (Å²) in [7, 11) is 0. The molecule has 6 nitrogen and oxygen atoms in total. The van der Waals surface area contributed by atoms with Gasteiger partial charge in [-0.2, -0.15) is 8.78 Å². The van der Waals surface area contributed by atoms with E-state index in [2.05, 4.69) is 0 Å². The van der Waals surface area contributed by atoms with Crippen LogP contribution in [0.2, 0.25) is 0 Å². The number of thioether (sulfide) groups is 1. The number of hydrogen-bond donors (Lipinski definition) is 0. The van der Waals surface area contributed by atoms with Crippen LogP contribution < -0.4 is 0 Å². The lowest BCUT2D eigenvalue weighted by molar-refractivity contribution is -0.125. The van der Waals surface area contributed by atoms with Crippen LogP contribution in [-0.4, -0.2) is 70.0 Å². The Hall–Kier alpha value is -2.16. The summed E-state index contributed by atoms with van der Waals surface area (Å²) in [6, 6.07) is 6.17. The van der Waals surface area contributed by atoms with Crippen molar-refractivity contribution in [2.75, 3.05) is 19.6 Å². The van der Waals surface area contributed by atoms with Gasteiger partial charge in [-0.25, -0.2) is 4.79 Å². The zero-order valence-corrected chi connectivity index (χ0v) is 16.0. The zero-order valence-electron chi connectivity index (χ0n) is 15.2. The molecule has 9 heteroatoms. The maximum Gasteiger partial charge on any atom is 0.327 e. The molecule has 2 aliphatic heterocycles. The number of carbonyl (C=O) groups is 3. The third-order valence-electron chi connectivity index (χ3n) is 5.46. The molecule has 1 saturated carbocycles. The fourth-order valence-corrected chi connectivity index (χ4v) is 4.54. The van der Waals surface area contributed by atoms with Crippen LogP contribution in [0.4, 0.5) is 13.6 Å². The van der Waals surface area contributed by atoms with Gasteiger partial charge in [-0.15, -0.1) is 0 Å². The first-order valence-electron chi connectivity index (χ1n) is 9.41. The number of nitrogens with zero attached hydrogens (tertiary/aromatic N) is 3. The van der Waals surface area contributed by atoms with Gasteiger partial charge in [0.15, 0.2) is 0 Å². The summed E-state index contributed by atoms with van der Waals surface area (Å²) >= 11 is 0.371. The molecule has 0 N–H and O–H groups in total. The molecule has 4 rings (SSSR count). The van der Waals surface area contributed by atoms with Crippen LogP contribution in [0.3, 0.4) is 0 Å². The van der Waals surface area contributed by atoms with E-state index >= 15 is 0 Å². The van der Waals surface area contributed by atoms with E-state index < -0.39 is 5.76 Å². The molecule has 2 heterocycles. The molecule has 0 unspecified atom stereocenters. The molecule has 1 aliphatic carbocycles. The third-order valence-corrected chi connectivity index (χ3v) is 6.25. The van der Waals surface area contributed by atoms with Crippen molar-refractivity contribution in [1.29, 1.82) is 0 Å². The van der Waals surface area contributed by atoms with E-state index in [1.807, 2.05) is 0 Å². The van der Waals surface area contributed by atoms with Gasteiger partial charge in [-0.3, -0.25) is 14.5 Å². The topological polar surface area (TPSA) is 60.9 Å². The smallest absolute Gasteiger partial charge is 0.327 e. The van der Waals surface area contributed by atoms with Crippen molar-refractivity contribution in [2.45, 2.75) is 48.4 Å². The van der Waals surface area contributed by atoms with E-state index in [1.54, 1.807) is 28.0 Å². The first kappa shape index (κ1) is 19.2. The molecule has 3 fully saturated rings. The number of imide groups is 1. The largest absolute Gasteiger partial charge is 0.338 e. The molecule has 0 atom stereocenters. The predicted octanol–water partition coefficient (Wildman–Crippen LogP) is 3.03. The van der Waals surface area contributed by atoms with Crippen LogP contribution in [0.15, 0.2) is 29.2 Å². The van der Waals surface area contributed by atoms with E-state index in [9.17, 15) is 23.2 Å². The first-order valence-corrected chi connectivity index (χ1v) is 10.3. The van der Waals surface area contributed by atoms with Gasteiger partial charge >= 0.3 is 6.03 Å². The van der Waals surface area contributed by atoms with Crippen LogP contribution in [0, 0.1) is 0 Å². The molecule has 1 aromatic rings. The van der Waals surface area contributed by atoms with Gasteiger partial charge in [0.05, 0.1) is 5.56 Å². The Morgan fingerprint density at radius 1 is 1.04 bits per heavy atom. The number of benzene rings is 1. The quantitative estimate of drug-likeness (QED) is 0.554. The minimum Gasteiger partial charge on any atom is -0.338 e. The highest BCUT2D eigenvalue weighted by Crippen LogP contribution is 2.33. The molecule has 0 bridgehead atoms. The lowest BCUT2D eigenvalue weighted by atomic mass is 10.0. The van der Waals surface area contributed by atoms with Crippen LogP contribution in [0.1, 0.15) is 36.0 Å². The van der Waals surface area contributed by atoms with Crippen LogP contribution >= 0.6 is 11.8 Å². The highest BCUT2D eigenvalue weighted by atomic mass is 32.2. The third kappa shape index (κ3) is 3.72. The Morgan fingerprint density at radius 3 is 2.36 bits per heavy atom. The lowest BCUT2D eigenvalue weighted by Crippen LogP contribution is -2.48. The Bertz CT molecular complexity index is 794. The predicted molar refractivity (Wildman–Crippen MR) is 99.2 cm³/mol. The van der Waals surface area contributed by atoms with Crippen LogP contribution in [0.25, 0.3) is 0 Å². The summed E-state index contributed by atoms with van der Waals surface area (Å²) in [4.78, 5) is 42.4. The second-order valence-corrected chi connectivity index (χ2v) is 8.34. The molecule has 150 valence electrons. The number of amides is 4. The molecular formula is C19H21F2N3O3S. The highest BCUT2D eigenvalue weighted by molar-refractivity contribution is 7.99. The minimum absolute atomic E-state index is 0.0653. The maximum atomic E-state index is 12.8. The zero-order chi connectivity index (χ0) is 19.8. The van der Waals surface area contributed by atoms with Crippen molar-refractivity contribution in [3.8, 4) is 0 Å². The van der Waals surface area contributed by atoms with E-state index in [0.717, 1.165) is 12.8 Å². The Morgan fingerprint density at radius 2 is 1.71 bits per heavy atom. The summed E-state index contributed by atoms with van der Waals surface area (Å²) in [6.45, 7) is 0.971. The molecule has 0 spiro atoms. The van der Waals surface area contributed by atoms with Gasteiger partial charge in [-0.1, -0.05) is 23.9 Å². The van der Waals surface area contributed by atoms with Crippen molar-refractivity contribution in [3.05, 3.63) is 29.8 Å². The summed E-state index contributed by atoms with van der Waals surface area (Å²) in [5.41, 5.74) is 0.276. The monoisotopic (exact) mass is 409 g/mol. The van der Waals surface area contributed by atoms with Crippen LogP contribution in [-0.2, 0) is 4.79 Å². The van der Waals surface area contributed by atoms with Gasteiger partial charge in [0.25, 0.3) is 17.6 Å². The van der Waals surface area contributed by atoms with Gasteiger partial charge in [0.1, 0.15) is 6.54 Å². The van der Waals surface area contributed by atoms with Gasteiger partial charge < -0.3 is 9.80 Å². The SMILES string of the molecule is O=C(c1ccccc1SC(F)F)N1CCC(N2CC(=O)N(C3CC3)C2=O)CC1. The van der Waals surface area contributed by atoms with E-state index in [0.29, 0.717) is 37.7 Å².